The van der Waals surface area contributed by atoms with Crippen LogP contribution in [0.5, 0.6) is 0 Å². The topological polar surface area (TPSA) is 66.8 Å². The van der Waals surface area contributed by atoms with E-state index >= 15 is 0 Å². The maximum absolute atomic E-state index is 9.94. The van der Waals surface area contributed by atoms with Crippen molar-refractivity contribution in [1.82, 2.24) is 0 Å². The number of rotatable bonds is 6. The molecule has 1 atom stereocenters. The van der Waals surface area contributed by atoms with Gasteiger partial charge in [-0.05, 0) is 12.8 Å². The molecule has 0 spiro atoms. The Bertz CT molecular complexity index is 113. The van der Waals surface area contributed by atoms with Crippen LogP contribution >= 0.6 is 0 Å². The minimum absolute atomic E-state index is 0.426. The smallest absolute Gasteiger partial charge is 0.329 e. The summed E-state index contributed by atoms with van der Waals surface area (Å²) in [5.74, 6) is -1.06. The Balaban J connectivity index is 3.22. The monoisotopic (exact) mass is 162 g/mol. The van der Waals surface area contributed by atoms with Crippen molar-refractivity contribution in [2.45, 2.75) is 32.5 Å². The molecule has 66 valence electrons. The number of aliphatic carboxylic acids is 1. The number of aliphatic hydroxyl groups is 1. The van der Waals surface area contributed by atoms with Crippen LogP contribution in [0.1, 0.15) is 26.2 Å². The molecule has 1 unspecified atom stereocenters. The molecule has 0 bridgehead atoms. The van der Waals surface area contributed by atoms with Crippen molar-refractivity contribution >= 4 is 5.97 Å². The summed E-state index contributed by atoms with van der Waals surface area (Å²) in [6.45, 7) is 1.56. The molecule has 0 heterocycles. The summed E-state index contributed by atoms with van der Waals surface area (Å²) >= 11 is 0. The summed E-state index contributed by atoms with van der Waals surface area (Å²) in [4.78, 5) is 9.94. The van der Waals surface area contributed by atoms with Gasteiger partial charge in [0.25, 0.3) is 0 Å². The normalized spacial score (nSPS) is 12.9. The van der Waals surface area contributed by atoms with Gasteiger partial charge in [0.1, 0.15) is 6.61 Å². The molecule has 0 aromatic carbocycles. The van der Waals surface area contributed by atoms with Gasteiger partial charge in [-0.25, -0.2) is 4.79 Å². The van der Waals surface area contributed by atoms with E-state index in [0.717, 1.165) is 12.8 Å². The first-order valence-corrected chi connectivity index (χ1v) is 3.68. The van der Waals surface area contributed by atoms with E-state index in [1.54, 1.807) is 0 Å². The van der Waals surface area contributed by atoms with E-state index < -0.39 is 18.9 Å². The molecule has 0 aliphatic heterocycles. The molecular formula is C7H14O4. The minimum atomic E-state index is -1.06. The summed E-state index contributed by atoms with van der Waals surface area (Å²) in [6.07, 6.45) is 1.39. The van der Waals surface area contributed by atoms with Crippen LogP contribution in [0.15, 0.2) is 0 Å². The van der Waals surface area contributed by atoms with E-state index in [2.05, 4.69) is 4.74 Å². The predicted octanol–water partition coefficient (Wildman–Crippen LogP) is 0.596. The SMILES string of the molecule is CCCCC(O)OCC(=O)O. The fourth-order valence-corrected chi connectivity index (χ4v) is 0.630. The van der Waals surface area contributed by atoms with Crippen LogP contribution in [-0.2, 0) is 9.53 Å². The van der Waals surface area contributed by atoms with Crippen LogP contribution in [0.2, 0.25) is 0 Å². The summed E-state index contributed by atoms with van der Waals surface area (Å²) < 4.78 is 4.56. The van der Waals surface area contributed by atoms with Gasteiger partial charge in [-0.2, -0.15) is 0 Å². The molecule has 0 amide bonds. The van der Waals surface area contributed by atoms with Crippen LogP contribution in [0, 0.1) is 0 Å². The zero-order chi connectivity index (χ0) is 8.69. The maximum Gasteiger partial charge on any atom is 0.329 e. The second-order valence-corrected chi connectivity index (χ2v) is 2.30. The highest BCUT2D eigenvalue weighted by Gasteiger charge is 2.05. The second-order valence-electron chi connectivity index (χ2n) is 2.30. The molecule has 0 rings (SSSR count). The van der Waals surface area contributed by atoms with Crippen LogP contribution in [0.4, 0.5) is 0 Å². The highest BCUT2D eigenvalue weighted by Crippen LogP contribution is 2.00. The van der Waals surface area contributed by atoms with Crippen molar-refractivity contribution in [3.63, 3.8) is 0 Å². The molecule has 0 saturated heterocycles. The lowest BCUT2D eigenvalue weighted by molar-refractivity contribution is -0.157. The summed E-state index contributed by atoms with van der Waals surface area (Å²) in [5, 5.41) is 17.1. The number of hydrogen-bond donors (Lipinski definition) is 2. The van der Waals surface area contributed by atoms with E-state index in [1.165, 1.54) is 0 Å². The number of carbonyl (C=O) groups is 1. The average Bonchev–Trinajstić information content (AvgIpc) is 1.97. The Morgan fingerprint density at radius 1 is 1.64 bits per heavy atom. The lowest BCUT2D eigenvalue weighted by Crippen LogP contribution is -2.17. The lowest BCUT2D eigenvalue weighted by atomic mass is 10.2. The van der Waals surface area contributed by atoms with Crippen LogP contribution in [0.3, 0.4) is 0 Å². The van der Waals surface area contributed by atoms with E-state index in [9.17, 15) is 4.79 Å². The fourth-order valence-electron chi connectivity index (χ4n) is 0.630. The van der Waals surface area contributed by atoms with Crippen molar-refractivity contribution in [2.75, 3.05) is 6.61 Å². The average molecular weight is 162 g/mol. The third-order valence-electron chi connectivity index (χ3n) is 1.20. The van der Waals surface area contributed by atoms with Gasteiger partial charge in [0.15, 0.2) is 6.29 Å². The highest BCUT2D eigenvalue weighted by atomic mass is 16.6. The van der Waals surface area contributed by atoms with Gasteiger partial charge in [-0.3, -0.25) is 0 Å². The molecule has 0 aliphatic carbocycles. The van der Waals surface area contributed by atoms with E-state index in [0.29, 0.717) is 6.42 Å². The maximum atomic E-state index is 9.94. The number of carboxylic acids is 1. The molecule has 4 heteroatoms. The summed E-state index contributed by atoms with van der Waals surface area (Å²) in [5.41, 5.74) is 0. The van der Waals surface area contributed by atoms with E-state index in [4.69, 9.17) is 10.2 Å². The van der Waals surface area contributed by atoms with Crippen molar-refractivity contribution in [3.8, 4) is 0 Å². The van der Waals surface area contributed by atoms with Crippen LogP contribution in [-0.4, -0.2) is 29.1 Å². The summed E-state index contributed by atoms with van der Waals surface area (Å²) in [7, 11) is 0. The van der Waals surface area contributed by atoms with Crippen molar-refractivity contribution < 1.29 is 19.7 Å². The number of carboxylic acid groups (broad SMARTS) is 1. The largest absolute Gasteiger partial charge is 0.480 e. The van der Waals surface area contributed by atoms with Gasteiger partial charge >= 0.3 is 5.97 Å². The van der Waals surface area contributed by atoms with Gasteiger partial charge in [-0.1, -0.05) is 13.3 Å². The zero-order valence-corrected chi connectivity index (χ0v) is 6.62. The van der Waals surface area contributed by atoms with E-state index in [-0.39, 0.29) is 0 Å². The van der Waals surface area contributed by atoms with Crippen molar-refractivity contribution in [2.24, 2.45) is 0 Å². The quantitative estimate of drug-likeness (QED) is 0.561. The molecule has 0 fully saturated rings. The Morgan fingerprint density at radius 3 is 2.73 bits per heavy atom. The molecule has 11 heavy (non-hydrogen) atoms. The van der Waals surface area contributed by atoms with Gasteiger partial charge < -0.3 is 14.9 Å². The predicted molar refractivity (Wildman–Crippen MR) is 39.1 cm³/mol. The molecule has 0 radical (unpaired) electrons. The molecule has 0 aliphatic rings. The number of unbranched alkanes of at least 4 members (excludes halogenated alkanes) is 1. The molecule has 0 saturated carbocycles. The first kappa shape index (κ1) is 10.4. The van der Waals surface area contributed by atoms with Gasteiger partial charge in [0.05, 0.1) is 0 Å². The van der Waals surface area contributed by atoms with Gasteiger partial charge in [0, 0.05) is 0 Å². The number of aliphatic hydroxyl groups excluding tert-OH is 1. The van der Waals surface area contributed by atoms with Crippen molar-refractivity contribution in [3.05, 3.63) is 0 Å². The highest BCUT2D eigenvalue weighted by molar-refractivity contribution is 5.67. The van der Waals surface area contributed by atoms with Gasteiger partial charge in [0.2, 0.25) is 0 Å². The van der Waals surface area contributed by atoms with E-state index in [1.807, 2.05) is 6.92 Å². The third-order valence-corrected chi connectivity index (χ3v) is 1.20. The Kier molecular flexibility index (Phi) is 5.78. The first-order valence-electron chi connectivity index (χ1n) is 3.68. The van der Waals surface area contributed by atoms with Gasteiger partial charge in [-0.15, -0.1) is 0 Å². The molecular weight excluding hydrogens is 148 g/mol. The minimum Gasteiger partial charge on any atom is -0.480 e. The molecule has 4 nitrogen and oxygen atoms in total. The third kappa shape index (κ3) is 7.29. The Morgan fingerprint density at radius 2 is 2.27 bits per heavy atom. The molecule has 0 aromatic heterocycles. The van der Waals surface area contributed by atoms with Crippen LogP contribution in [0.25, 0.3) is 0 Å². The van der Waals surface area contributed by atoms with Crippen molar-refractivity contribution in [1.29, 1.82) is 0 Å². The second kappa shape index (κ2) is 6.12. The molecule has 2 N–H and O–H groups in total. The standard InChI is InChI=1S/C7H14O4/c1-2-3-4-7(10)11-5-6(8)9/h7,10H,2-5H2,1H3,(H,8,9). The first-order chi connectivity index (χ1) is 5.16. The Hall–Kier alpha value is -0.610. The number of hydrogen-bond acceptors (Lipinski definition) is 3. The number of ether oxygens (including phenoxy) is 1. The Labute approximate surface area is 65.8 Å². The summed E-state index contributed by atoms with van der Waals surface area (Å²) in [6, 6.07) is 0. The lowest BCUT2D eigenvalue weighted by Gasteiger charge is -2.08. The zero-order valence-electron chi connectivity index (χ0n) is 6.62. The van der Waals surface area contributed by atoms with Crippen LogP contribution < -0.4 is 0 Å². The fraction of sp³-hybridized carbons (Fsp3) is 0.857. The molecule has 0 aromatic rings.